The Morgan fingerprint density at radius 2 is 1.04 bits per heavy atom. The van der Waals surface area contributed by atoms with Crippen LogP contribution in [0.3, 0.4) is 0 Å². The minimum absolute atomic E-state index is 0.00122. The van der Waals surface area contributed by atoms with Crippen LogP contribution in [-0.2, 0) is 22.7 Å². The number of aliphatic hydroxyl groups excluding tert-OH is 2. The Kier molecular flexibility index (Phi) is 10.9. The predicted molar refractivity (Wildman–Crippen MR) is 208 cm³/mol. The zero-order valence-corrected chi connectivity index (χ0v) is 32.7. The van der Waals surface area contributed by atoms with Gasteiger partial charge >= 0.3 is 0 Å². The Balaban J connectivity index is 0.000000167. The van der Waals surface area contributed by atoms with Gasteiger partial charge in [-0.25, -0.2) is 0 Å². The Hall–Kier alpha value is -3.84. The van der Waals surface area contributed by atoms with Gasteiger partial charge in [-0.05, 0) is 75.6 Å². The van der Waals surface area contributed by atoms with Gasteiger partial charge in [-0.15, -0.1) is 0 Å². The summed E-state index contributed by atoms with van der Waals surface area (Å²) in [5, 5.41) is 20.3. The van der Waals surface area contributed by atoms with E-state index in [9.17, 15) is 29.4 Å². The van der Waals surface area contributed by atoms with Gasteiger partial charge < -0.3 is 29.1 Å². The van der Waals surface area contributed by atoms with Crippen molar-refractivity contribution in [1.82, 2.24) is 28.7 Å². The van der Waals surface area contributed by atoms with Crippen molar-refractivity contribution >= 4 is 24.0 Å². The molecule has 54 heavy (non-hydrogen) atoms. The van der Waals surface area contributed by atoms with E-state index in [-0.39, 0.29) is 84.0 Å². The normalized spacial score (nSPS) is 29.9. The maximum Gasteiger partial charge on any atom is 0.258 e. The number of hydrogen-bond acceptors (Lipinski definition) is 8. The van der Waals surface area contributed by atoms with Crippen LogP contribution in [0.2, 0.25) is 0 Å². The average Bonchev–Trinajstić information content (AvgIpc) is 4.09. The Labute approximate surface area is 318 Å². The van der Waals surface area contributed by atoms with E-state index in [0.717, 1.165) is 24.5 Å². The number of aliphatic hydroxyl groups is 2. The van der Waals surface area contributed by atoms with Crippen molar-refractivity contribution in [2.75, 3.05) is 54.5 Å². The Morgan fingerprint density at radius 1 is 0.667 bits per heavy atom. The third kappa shape index (κ3) is 6.73. The van der Waals surface area contributed by atoms with Crippen LogP contribution in [0.15, 0.2) is 46.0 Å². The number of nitrogens with zero attached hydrogens (tertiary/aromatic N) is 6. The van der Waals surface area contributed by atoms with Crippen molar-refractivity contribution in [3.8, 4) is 0 Å². The molecule has 2 N–H and O–H groups in total. The SMILES string of the molecule is C/C=C/c1ccc2n(c1=O)C[C@@H]1[C@@H](CO)[C@H](C(=O)N(C)C)[C@H]2N1CC1CC1.C/C=C\c1ccc2n(c1=O)C[C@@H]1[C@@H](CO)[C@H](C(=O)N(C)C)[C@H]2N1CC1CC1. The van der Waals surface area contributed by atoms with E-state index < -0.39 is 0 Å². The van der Waals surface area contributed by atoms with E-state index in [1.165, 1.54) is 25.7 Å². The smallest absolute Gasteiger partial charge is 0.258 e. The van der Waals surface area contributed by atoms with E-state index in [1.807, 2.05) is 71.6 Å². The van der Waals surface area contributed by atoms with Crippen molar-refractivity contribution in [3.05, 3.63) is 79.6 Å². The molecule has 2 amide bonds. The number of allylic oxidation sites excluding steroid dienone is 2. The Bertz CT molecular complexity index is 1790. The highest BCUT2D eigenvalue weighted by Gasteiger charge is 2.58. The number of pyridine rings is 2. The molecule has 292 valence electrons. The second kappa shape index (κ2) is 15.4. The number of rotatable bonds is 10. The number of carbonyl (C=O) groups excluding carboxylic acids is 2. The summed E-state index contributed by atoms with van der Waals surface area (Å²) >= 11 is 0. The van der Waals surface area contributed by atoms with Crippen LogP contribution in [0.5, 0.6) is 0 Å². The van der Waals surface area contributed by atoms with Crippen molar-refractivity contribution < 1.29 is 19.8 Å². The van der Waals surface area contributed by atoms with Gasteiger partial charge in [0.05, 0.1) is 23.9 Å². The molecule has 2 aromatic heterocycles. The summed E-state index contributed by atoms with van der Waals surface area (Å²) < 4.78 is 3.69. The molecule has 4 fully saturated rings. The molecular weight excluding hydrogens is 684 g/mol. The van der Waals surface area contributed by atoms with E-state index in [2.05, 4.69) is 9.80 Å². The minimum Gasteiger partial charge on any atom is -0.396 e. The lowest BCUT2D eigenvalue weighted by molar-refractivity contribution is -0.136. The number of amides is 2. The van der Waals surface area contributed by atoms with Crippen molar-refractivity contribution in [2.45, 2.75) is 76.8 Å². The molecule has 12 nitrogen and oxygen atoms in total. The summed E-state index contributed by atoms with van der Waals surface area (Å²) in [6, 6.07) is 7.54. The van der Waals surface area contributed by atoms with Gasteiger partial charge in [-0.1, -0.05) is 24.3 Å². The summed E-state index contributed by atoms with van der Waals surface area (Å²) in [6.45, 7) is 6.74. The van der Waals surface area contributed by atoms with Crippen molar-refractivity contribution in [2.24, 2.45) is 35.5 Å². The number of carbonyl (C=O) groups is 2. The molecule has 4 bridgehead atoms. The zero-order chi connectivity index (χ0) is 38.6. The summed E-state index contributed by atoms with van der Waals surface area (Å²) in [5.74, 6) is 0.540. The third-order valence-electron chi connectivity index (χ3n) is 12.9. The molecule has 8 rings (SSSR count). The van der Waals surface area contributed by atoms with Gasteiger partial charge in [0.2, 0.25) is 11.8 Å². The molecule has 0 spiro atoms. The van der Waals surface area contributed by atoms with E-state index in [4.69, 9.17) is 0 Å². The lowest BCUT2D eigenvalue weighted by Gasteiger charge is -2.38. The third-order valence-corrected chi connectivity index (χ3v) is 12.9. The highest BCUT2D eigenvalue weighted by atomic mass is 16.3. The molecule has 0 aromatic carbocycles. The fraction of sp³-hybridized carbons (Fsp3) is 0.619. The fourth-order valence-corrected chi connectivity index (χ4v) is 9.95. The highest BCUT2D eigenvalue weighted by molar-refractivity contribution is 5.81. The maximum atomic E-state index is 13.1. The first-order chi connectivity index (χ1) is 25.9. The number of hydrogen-bond donors (Lipinski definition) is 2. The monoisotopic (exact) mass is 742 g/mol. The van der Waals surface area contributed by atoms with Crippen LogP contribution in [0.1, 0.15) is 74.1 Å². The molecular formula is C42H58N6O6. The first-order valence-corrected chi connectivity index (χ1v) is 19.8. The fourth-order valence-electron chi connectivity index (χ4n) is 9.95. The van der Waals surface area contributed by atoms with Crippen LogP contribution in [-0.4, -0.2) is 117 Å². The van der Waals surface area contributed by atoms with Crippen molar-refractivity contribution in [3.63, 3.8) is 0 Å². The molecule has 0 radical (unpaired) electrons. The van der Waals surface area contributed by atoms with Crippen LogP contribution in [0, 0.1) is 35.5 Å². The summed E-state index contributed by atoms with van der Waals surface area (Å²) in [6.07, 6.45) is 12.3. The minimum atomic E-state index is -0.311. The zero-order valence-electron chi connectivity index (χ0n) is 32.7. The summed E-state index contributed by atoms with van der Waals surface area (Å²) in [5.41, 5.74) is 3.19. The van der Waals surface area contributed by atoms with Crippen LogP contribution < -0.4 is 11.1 Å². The lowest BCUT2D eigenvalue weighted by Crippen LogP contribution is -2.47. The lowest BCUT2D eigenvalue weighted by atomic mass is 9.86. The van der Waals surface area contributed by atoms with Crippen LogP contribution in [0.4, 0.5) is 0 Å². The highest BCUT2D eigenvalue weighted by Crippen LogP contribution is 2.52. The molecule has 2 aromatic rings. The van der Waals surface area contributed by atoms with Crippen LogP contribution in [0.25, 0.3) is 12.2 Å². The topological polar surface area (TPSA) is 132 Å². The average molecular weight is 743 g/mol. The molecule has 2 saturated heterocycles. The van der Waals surface area contributed by atoms with E-state index >= 15 is 0 Å². The maximum absolute atomic E-state index is 13.1. The number of fused-ring (bicyclic) bond motifs is 8. The van der Waals surface area contributed by atoms with Gasteiger partial charge in [0, 0.05) is 114 Å². The summed E-state index contributed by atoms with van der Waals surface area (Å²) in [4.78, 5) is 60.2. The van der Waals surface area contributed by atoms with Crippen LogP contribution >= 0.6 is 0 Å². The second-order valence-corrected chi connectivity index (χ2v) is 16.8. The second-order valence-electron chi connectivity index (χ2n) is 16.8. The number of aromatic nitrogens is 2. The van der Waals surface area contributed by atoms with Gasteiger partial charge in [0.25, 0.3) is 11.1 Å². The molecule has 2 saturated carbocycles. The van der Waals surface area contributed by atoms with Gasteiger partial charge in [0.15, 0.2) is 0 Å². The van der Waals surface area contributed by atoms with Gasteiger partial charge in [0.1, 0.15) is 0 Å². The standard InChI is InChI=1S/2C21H29N3O3/c2*1-4-5-14-8-9-16-19-18(21(27)22(2)3)15(12-25)17(11-24(16)20(14)26)23(19)10-13-6-7-13/h2*4-5,8-9,13,15,17-19,25H,6-7,10-12H2,1-3H3/b5-4+;5-4-/t2*15-,17-,18+,19+/m11/s1. The Morgan fingerprint density at radius 3 is 1.33 bits per heavy atom. The summed E-state index contributed by atoms with van der Waals surface area (Å²) in [7, 11) is 7.08. The largest absolute Gasteiger partial charge is 0.396 e. The molecule has 2 aliphatic carbocycles. The molecule has 6 aliphatic rings. The van der Waals surface area contributed by atoms with Crippen molar-refractivity contribution in [1.29, 1.82) is 0 Å². The molecule has 8 atom stereocenters. The quantitative estimate of drug-likeness (QED) is 0.380. The van der Waals surface area contributed by atoms with Gasteiger partial charge in [-0.2, -0.15) is 0 Å². The molecule has 4 aliphatic heterocycles. The first-order valence-electron chi connectivity index (χ1n) is 19.8. The molecule has 12 heteroatoms. The molecule has 6 heterocycles. The van der Waals surface area contributed by atoms with Gasteiger partial charge in [-0.3, -0.25) is 29.0 Å². The van der Waals surface area contributed by atoms with E-state index in [0.29, 0.717) is 36.1 Å². The van der Waals surface area contributed by atoms with E-state index in [1.54, 1.807) is 38.0 Å². The predicted octanol–water partition coefficient (Wildman–Crippen LogP) is 2.69. The first kappa shape index (κ1) is 38.4. The molecule has 0 unspecified atom stereocenters.